The van der Waals surface area contributed by atoms with E-state index in [2.05, 4.69) is 20.3 Å². The second kappa shape index (κ2) is 11.2. The molecule has 212 valence electrons. The number of carbonyl (C=O) groups is 1. The lowest BCUT2D eigenvalue weighted by Gasteiger charge is -2.30. The number of nitrogens with zero attached hydrogens (tertiary/aromatic N) is 4. The lowest BCUT2D eigenvalue weighted by molar-refractivity contribution is -0.0390. The van der Waals surface area contributed by atoms with Gasteiger partial charge >= 0.3 is 0 Å². The molecule has 2 fully saturated rings. The molecule has 10 heteroatoms. The summed E-state index contributed by atoms with van der Waals surface area (Å²) >= 11 is 0. The van der Waals surface area contributed by atoms with Crippen LogP contribution in [0.25, 0.3) is 11.3 Å². The summed E-state index contributed by atoms with van der Waals surface area (Å²) in [4.78, 5) is 31.3. The standard InChI is InChI=1S/C30H33F4N5O/c1-18(2)27-36-16-21(17-37-27)28(40)39-26-22(10-15-35-25(26)20-8-13-30(33,34)14-9-20)24-5-3-4-23(38-24)19-6-11-29(31,32)12-7-19/h3-5,10,15-20H,6-9,11-14H2,1-2H3,(H,39,40). The van der Waals surface area contributed by atoms with Crippen molar-refractivity contribution in [2.75, 3.05) is 5.32 Å². The third kappa shape index (κ3) is 6.31. The molecule has 1 amide bonds. The molecule has 0 unspecified atom stereocenters. The zero-order valence-electron chi connectivity index (χ0n) is 22.6. The molecule has 0 aromatic carbocycles. The fraction of sp³-hybridized carbons (Fsp3) is 0.500. The van der Waals surface area contributed by atoms with Gasteiger partial charge in [0.1, 0.15) is 5.82 Å². The van der Waals surface area contributed by atoms with Crippen molar-refractivity contribution in [3.05, 3.63) is 65.6 Å². The van der Waals surface area contributed by atoms with Crippen LogP contribution in [0.3, 0.4) is 0 Å². The van der Waals surface area contributed by atoms with Crippen LogP contribution in [0.2, 0.25) is 0 Å². The Morgan fingerprint density at radius 2 is 1.48 bits per heavy atom. The zero-order valence-corrected chi connectivity index (χ0v) is 22.6. The van der Waals surface area contributed by atoms with Crippen LogP contribution in [-0.4, -0.2) is 37.7 Å². The Hall–Kier alpha value is -3.43. The Morgan fingerprint density at radius 3 is 2.08 bits per heavy atom. The molecular formula is C30H33F4N5O. The predicted molar refractivity (Wildman–Crippen MR) is 144 cm³/mol. The quantitative estimate of drug-likeness (QED) is 0.313. The smallest absolute Gasteiger partial charge is 0.258 e. The Bertz CT molecular complexity index is 1340. The number of amides is 1. The maximum absolute atomic E-state index is 14.0. The first kappa shape index (κ1) is 28.1. The summed E-state index contributed by atoms with van der Waals surface area (Å²) in [7, 11) is 0. The highest BCUT2D eigenvalue weighted by atomic mass is 19.3. The van der Waals surface area contributed by atoms with Gasteiger partial charge in [0.2, 0.25) is 11.8 Å². The van der Waals surface area contributed by atoms with Crippen molar-refractivity contribution in [3.8, 4) is 11.3 Å². The number of nitrogens with one attached hydrogen (secondary N) is 1. The van der Waals surface area contributed by atoms with E-state index >= 15 is 0 Å². The van der Waals surface area contributed by atoms with Crippen LogP contribution in [0.1, 0.15) is 111 Å². The number of alkyl halides is 4. The van der Waals surface area contributed by atoms with Crippen molar-refractivity contribution in [2.45, 2.75) is 94.8 Å². The summed E-state index contributed by atoms with van der Waals surface area (Å²) in [6, 6.07) is 7.20. The molecule has 0 bridgehead atoms. The van der Waals surface area contributed by atoms with Gasteiger partial charge in [-0.1, -0.05) is 19.9 Å². The number of halogens is 4. The molecule has 1 N–H and O–H groups in total. The second-order valence-corrected chi connectivity index (χ2v) is 11.3. The van der Waals surface area contributed by atoms with Gasteiger partial charge in [-0.05, 0) is 43.9 Å². The largest absolute Gasteiger partial charge is 0.320 e. The first-order valence-corrected chi connectivity index (χ1v) is 13.9. The molecule has 3 heterocycles. The third-order valence-corrected chi connectivity index (χ3v) is 7.96. The molecule has 2 aliphatic carbocycles. The van der Waals surface area contributed by atoms with Crippen LogP contribution < -0.4 is 5.32 Å². The SMILES string of the molecule is CC(C)c1ncc(C(=O)Nc2c(-c3cccc(C4CCC(F)(F)CC4)n3)ccnc2C2CCC(F)(F)CC2)cn1. The number of hydrogen-bond acceptors (Lipinski definition) is 5. The first-order chi connectivity index (χ1) is 19.0. The van der Waals surface area contributed by atoms with Crippen LogP contribution in [0, 0.1) is 0 Å². The van der Waals surface area contributed by atoms with E-state index in [9.17, 15) is 22.4 Å². The molecule has 6 nitrogen and oxygen atoms in total. The summed E-state index contributed by atoms with van der Waals surface area (Å²) in [5, 5.41) is 2.96. The summed E-state index contributed by atoms with van der Waals surface area (Å²) in [5.74, 6) is -5.43. The monoisotopic (exact) mass is 555 g/mol. The third-order valence-electron chi connectivity index (χ3n) is 7.96. The van der Waals surface area contributed by atoms with E-state index in [1.807, 2.05) is 26.0 Å². The van der Waals surface area contributed by atoms with E-state index in [0.29, 0.717) is 41.3 Å². The van der Waals surface area contributed by atoms with E-state index in [4.69, 9.17) is 4.98 Å². The van der Waals surface area contributed by atoms with Gasteiger partial charge in [-0.3, -0.25) is 14.8 Å². The maximum Gasteiger partial charge on any atom is 0.258 e. The van der Waals surface area contributed by atoms with Gasteiger partial charge in [0.25, 0.3) is 5.91 Å². The first-order valence-electron chi connectivity index (χ1n) is 13.9. The van der Waals surface area contributed by atoms with Crippen molar-refractivity contribution in [1.29, 1.82) is 0 Å². The zero-order chi connectivity index (χ0) is 28.5. The van der Waals surface area contributed by atoms with Gasteiger partial charge in [-0.25, -0.2) is 27.5 Å². The minimum Gasteiger partial charge on any atom is -0.320 e. The van der Waals surface area contributed by atoms with E-state index in [1.54, 1.807) is 18.3 Å². The molecule has 0 atom stereocenters. The van der Waals surface area contributed by atoms with E-state index in [0.717, 1.165) is 5.69 Å². The van der Waals surface area contributed by atoms with Gasteiger partial charge in [-0.2, -0.15) is 0 Å². The number of pyridine rings is 2. The summed E-state index contributed by atoms with van der Waals surface area (Å²) in [5.41, 5.74) is 3.07. The molecule has 2 aliphatic rings. The average Bonchev–Trinajstić information content (AvgIpc) is 2.93. The highest BCUT2D eigenvalue weighted by Crippen LogP contribution is 2.45. The highest BCUT2D eigenvalue weighted by molar-refractivity contribution is 6.06. The van der Waals surface area contributed by atoms with Gasteiger partial charge in [0, 0.05) is 73.3 Å². The van der Waals surface area contributed by atoms with Crippen LogP contribution in [0.4, 0.5) is 23.2 Å². The average molecular weight is 556 g/mol. The number of aromatic nitrogens is 4. The van der Waals surface area contributed by atoms with E-state index in [-0.39, 0.29) is 61.8 Å². The van der Waals surface area contributed by atoms with Crippen LogP contribution in [0.15, 0.2) is 42.9 Å². The van der Waals surface area contributed by atoms with Gasteiger partial charge in [-0.15, -0.1) is 0 Å². The van der Waals surface area contributed by atoms with Crippen molar-refractivity contribution in [3.63, 3.8) is 0 Å². The lowest BCUT2D eigenvalue weighted by Crippen LogP contribution is -2.25. The van der Waals surface area contributed by atoms with Crippen molar-refractivity contribution in [1.82, 2.24) is 19.9 Å². The molecule has 0 saturated heterocycles. The van der Waals surface area contributed by atoms with Crippen molar-refractivity contribution < 1.29 is 22.4 Å². The normalized spacial score (nSPS) is 19.5. The minimum absolute atomic E-state index is 0.0869. The molecule has 0 spiro atoms. The summed E-state index contributed by atoms with van der Waals surface area (Å²) < 4.78 is 55.5. The Morgan fingerprint density at radius 1 is 0.875 bits per heavy atom. The van der Waals surface area contributed by atoms with Crippen LogP contribution >= 0.6 is 0 Å². The topological polar surface area (TPSA) is 80.7 Å². The lowest BCUT2D eigenvalue weighted by atomic mass is 9.83. The molecule has 0 radical (unpaired) electrons. The Labute approximate surface area is 231 Å². The van der Waals surface area contributed by atoms with E-state index < -0.39 is 17.8 Å². The summed E-state index contributed by atoms with van der Waals surface area (Å²) in [6.07, 6.45) is 4.85. The van der Waals surface area contributed by atoms with E-state index in [1.165, 1.54) is 12.4 Å². The number of hydrogen-bond donors (Lipinski definition) is 1. The highest BCUT2D eigenvalue weighted by Gasteiger charge is 2.38. The number of anilines is 1. The molecule has 2 saturated carbocycles. The molecule has 40 heavy (non-hydrogen) atoms. The minimum atomic E-state index is -2.71. The van der Waals surface area contributed by atoms with Crippen molar-refractivity contribution in [2.24, 2.45) is 0 Å². The molecule has 5 rings (SSSR count). The Balaban J connectivity index is 1.50. The number of carbonyl (C=O) groups excluding carboxylic acids is 1. The van der Waals surface area contributed by atoms with Crippen molar-refractivity contribution >= 4 is 11.6 Å². The molecule has 0 aliphatic heterocycles. The fourth-order valence-corrected chi connectivity index (χ4v) is 5.55. The van der Waals surface area contributed by atoms with Gasteiger partial charge < -0.3 is 5.32 Å². The molecule has 3 aromatic rings. The van der Waals surface area contributed by atoms with Gasteiger partial charge in [0.05, 0.1) is 22.6 Å². The van der Waals surface area contributed by atoms with Crippen LogP contribution in [0.5, 0.6) is 0 Å². The predicted octanol–water partition coefficient (Wildman–Crippen LogP) is 7.90. The van der Waals surface area contributed by atoms with Crippen LogP contribution in [-0.2, 0) is 0 Å². The number of rotatable bonds is 6. The second-order valence-electron chi connectivity index (χ2n) is 11.3. The summed E-state index contributed by atoms with van der Waals surface area (Å²) in [6.45, 7) is 3.91. The molecule has 3 aromatic heterocycles. The fourth-order valence-electron chi connectivity index (χ4n) is 5.55. The molecular weight excluding hydrogens is 522 g/mol. The van der Waals surface area contributed by atoms with Gasteiger partial charge in [0.15, 0.2) is 0 Å². The maximum atomic E-state index is 14.0. The Kier molecular flexibility index (Phi) is 7.88.